The highest BCUT2D eigenvalue weighted by atomic mass is 32.2. The number of hydrazone groups is 1. The van der Waals surface area contributed by atoms with Crippen molar-refractivity contribution in [3.63, 3.8) is 0 Å². The lowest BCUT2D eigenvalue weighted by molar-refractivity contribution is 0.318. The summed E-state index contributed by atoms with van der Waals surface area (Å²) in [5, 5.41) is 13.7. The number of hydrogen-bond donors (Lipinski definition) is 2. The van der Waals surface area contributed by atoms with Gasteiger partial charge in [0.2, 0.25) is 0 Å². The minimum Gasteiger partial charge on any atom is -0.504 e. The van der Waals surface area contributed by atoms with Gasteiger partial charge in [0.15, 0.2) is 11.5 Å². The molecule has 0 heterocycles. The number of phenols is 1. The van der Waals surface area contributed by atoms with Gasteiger partial charge in [-0.25, -0.2) is 4.83 Å². The van der Waals surface area contributed by atoms with Crippen molar-refractivity contribution in [1.82, 2.24) is 4.83 Å². The Bertz CT molecular complexity index is 833. The number of hydrogen-bond acceptors (Lipinski definition) is 6. The molecule has 0 aliphatic heterocycles. The molecule has 0 spiro atoms. The van der Waals surface area contributed by atoms with Crippen LogP contribution in [0.1, 0.15) is 19.4 Å². The van der Waals surface area contributed by atoms with Gasteiger partial charge in [-0.3, -0.25) is 0 Å². The largest absolute Gasteiger partial charge is 0.504 e. The molecule has 8 heteroatoms. The fraction of sp³-hybridized carbons (Fsp3) is 0.235. The van der Waals surface area contributed by atoms with Gasteiger partial charge in [-0.15, -0.1) is 0 Å². The normalized spacial score (nSPS) is 11.4. The van der Waals surface area contributed by atoms with Crippen molar-refractivity contribution < 1.29 is 23.0 Å². The van der Waals surface area contributed by atoms with Crippen LogP contribution in [0.4, 0.5) is 0 Å². The number of para-hydroxylation sites is 1. The van der Waals surface area contributed by atoms with Gasteiger partial charge in [-0.1, -0.05) is 6.07 Å². The molecule has 0 saturated heterocycles. The maximum Gasteiger partial charge on any atom is 0.276 e. The van der Waals surface area contributed by atoms with Crippen LogP contribution >= 0.6 is 0 Å². The maximum absolute atomic E-state index is 12.2. The highest BCUT2D eigenvalue weighted by Crippen LogP contribution is 2.28. The minimum absolute atomic E-state index is 0.0559. The molecule has 2 aromatic rings. The predicted molar refractivity (Wildman–Crippen MR) is 94.8 cm³/mol. The van der Waals surface area contributed by atoms with Gasteiger partial charge in [0.25, 0.3) is 10.0 Å². The molecule has 0 aliphatic carbocycles. The summed E-state index contributed by atoms with van der Waals surface area (Å²) in [5.41, 5.74) is 0.334. The van der Waals surface area contributed by atoms with Gasteiger partial charge in [0.05, 0.1) is 24.3 Å². The second-order valence-corrected chi connectivity index (χ2v) is 6.55. The van der Waals surface area contributed by atoms with Crippen molar-refractivity contribution in [1.29, 1.82) is 0 Å². The zero-order valence-corrected chi connectivity index (χ0v) is 14.8. The van der Waals surface area contributed by atoms with Crippen LogP contribution in [0.5, 0.6) is 17.2 Å². The molecule has 0 atom stereocenters. The molecular formula is C17H20N2O5S. The predicted octanol–water partition coefficient (Wildman–Crippen LogP) is 2.50. The summed E-state index contributed by atoms with van der Waals surface area (Å²) in [4.78, 5) is 2.16. The summed E-state index contributed by atoms with van der Waals surface area (Å²) in [6.07, 6.45) is 1.21. The number of nitrogens with zero attached hydrogens (tertiary/aromatic N) is 1. The topological polar surface area (TPSA) is 97.2 Å². The van der Waals surface area contributed by atoms with Gasteiger partial charge in [0, 0.05) is 5.56 Å². The first-order valence-electron chi connectivity index (χ1n) is 7.70. The second kappa shape index (κ2) is 8.39. The Balaban J connectivity index is 2.11. The Hall–Kier alpha value is -2.74. The molecule has 2 N–H and O–H groups in total. The quantitative estimate of drug-likeness (QED) is 0.554. The smallest absolute Gasteiger partial charge is 0.276 e. The van der Waals surface area contributed by atoms with Crippen LogP contribution in [0.15, 0.2) is 52.5 Å². The Labute approximate surface area is 147 Å². The Kier molecular flexibility index (Phi) is 6.24. The standard InChI is InChI=1S/C17H20N2O5S/c1-3-23-14-8-10-15(11-9-14)25(21,22)19-18-12-13-6-5-7-16(17(13)20)24-4-2/h5-12,19-20H,3-4H2,1-2H3. The number of ether oxygens (including phenoxy) is 2. The fourth-order valence-corrected chi connectivity index (χ4v) is 2.81. The van der Waals surface area contributed by atoms with Crippen LogP contribution in [0.2, 0.25) is 0 Å². The molecule has 0 amide bonds. The van der Waals surface area contributed by atoms with Gasteiger partial charge < -0.3 is 14.6 Å². The minimum atomic E-state index is -3.81. The first-order chi connectivity index (χ1) is 12.0. The molecule has 0 aromatic heterocycles. The van der Waals surface area contributed by atoms with E-state index in [-0.39, 0.29) is 10.6 Å². The molecule has 7 nitrogen and oxygen atoms in total. The van der Waals surface area contributed by atoms with Gasteiger partial charge in [-0.2, -0.15) is 13.5 Å². The Morgan fingerprint density at radius 1 is 1.08 bits per heavy atom. The summed E-state index contributed by atoms with van der Waals surface area (Å²) >= 11 is 0. The molecule has 0 radical (unpaired) electrons. The summed E-state index contributed by atoms with van der Waals surface area (Å²) < 4.78 is 34.9. The summed E-state index contributed by atoms with van der Waals surface area (Å²) in [6, 6.07) is 10.9. The third-order valence-electron chi connectivity index (χ3n) is 3.15. The van der Waals surface area contributed by atoms with Gasteiger partial charge >= 0.3 is 0 Å². The van der Waals surface area contributed by atoms with Crippen molar-refractivity contribution >= 4 is 16.2 Å². The number of aromatic hydroxyl groups is 1. The number of phenolic OH excluding ortho intramolecular Hbond substituents is 1. The van der Waals surface area contributed by atoms with E-state index in [2.05, 4.69) is 9.93 Å². The van der Waals surface area contributed by atoms with E-state index in [9.17, 15) is 13.5 Å². The Morgan fingerprint density at radius 2 is 1.76 bits per heavy atom. The Morgan fingerprint density at radius 3 is 2.40 bits per heavy atom. The van der Waals surface area contributed by atoms with Crippen LogP contribution in [0.25, 0.3) is 0 Å². The van der Waals surface area contributed by atoms with Crippen LogP contribution < -0.4 is 14.3 Å². The number of sulfonamides is 1. The molecule has 0 aliphatic rings. The van der Waals surface area contributed by atoms with E-state index >= 15 is 0 Å². The molecular weight excluding hydrogens is 344 g/mol. The van der Waals surface area contributed by atoms with Gasteiger partial charge in [0.1, 0.15) is 5.75 Å². The van der Waals surface area contributed by atoms with Crippen LogP contribution in [-0.4, -0.2) is 33.0 Å². The van der Waals surface area contributed by atoms with E-state index in [1.165, 1.54) is 18.3 Å². The van der Waals surface area contributed by atoms with Crippen LogP contribution in [0.3, 0.4) is 0 Å². The average molecular weight is 364 g/mol. The highest BCUT2D eigenvalue weighted by Gasteiger charge is 2.13. The molecule has 25 heavy (non-hydrogen) atoms. The van der Waals surface area contributed by atoms with E-state index in [1.54, 1.807) is 37.3 Å². The lowest BCUT2D eigenvalue weighted by atomic mass is 10.2. The summed E-state index contributed by atoms with van der Waals surface area (Å²) in [7, 11) is -3.81. The third kappa shape index (κ3) is 4.87. The molecule has 2 rings (SSSR count). The fourth-order valence-electron chi connectivity index (χ4n) is 2.02. The zero-order valence-electron chi connectivity index (χ0n) is 14.0. The van der Waals surface area contributed by atoms with E-state index in [4.69, 9.17) is 9.47 Å². The lowest BCUT2D eigenvalue weighted by Gasteiger charge is -2.08. The van der Waals surface area contributed by atoms with Crippen molar-refractivity contribution in [2.75, 3.05) is 13.2 Å². The van der Waals surface area contributed by atoms with Crippen molar-refractivity contribution in [3.8, 4) is 17.2 Å². The first-order valence-corrected chi connectivity index (χ1v) is 9.18. The van der Waals surface area contributed by atoms with E-state index in [1.807, 2.05) is 6.92 Å². The molecule has 0 bridgehead atoms. The van der Waals surface area contributed by atoms with Crippen molar-refractivity contribution in [2.24, 2.45) is 5.10 Å². The van der Waals surface area contributed by atoms with Crippen molar-refractivity contribution in [2.45, 2.75) is 18.7 Å². The number of nitrogens with one attached hydrogen (secondary N) is 1. The number of benzene rings is 2. The SMILES string of the molecule is CCOc1ccc(S(=O)(=O)NN=Cc2cccc(OCC)c2O)cc1. The average Bonchev–Trinajstić information content (AvgIpc) is 2.59. The number of rotatable bonds is 8. The second-order valence-electron chi connectivity index (χ2n) is 4.88. The molecule has 134 valence electrons. The van der Waals surface area contributed by atoms with E-state index in [0.29, 0.717) is 30.3 Å². The molecule has 0 unspecified atom stereocenters. The van der Waals surface area contributed by atoms with Crippen LogP contribution in [0, 0.1) is 0 Å². The van der Waals surface area contributed by atoms with E-state index in [0.717, 1.165) is 0 Å². The van der Waals surface area contributed by atoms with Gasteiger partial charge in [-0.05, 0) is 50.2 Å². The summed E-state index contributed by atoms with van der Waals surface area (Å²) in [5.74, 6) is 0.789. The monoisotopic (exact) mass is 364 g/mol. The molecule has 0 saturated carbocycles. The maximum atomic E-state index is 12.2. The first kappa shape index (κ1) is 18.6. The third-order valence-corrected chi connectivity index (χ3v) is 4.39. The lowest BCUT2D eigenvalue weighted by Crippen LogP contribution is -2.18. The van der Waals surface area contributed by atoms with Crippen molar-refractivity contribution in [3.05, 3.63) is 48.0 Å². The van der Waals surface area contributed by atoms with E-state index < -0.39 is 10.0 Å². The summed E-state index contributed by atoms with van der Waals surface area (Å²) in [6.45, 7) is 4.54. The highest BCUT2D eigenvalue weighted by molar-refractivity contribution is 7.89. The van der Waals surface area contributed by atoms with Crippen LogP contribution in [-0.2, 0) is 10.0 Å². The molecule has 0 fully saturated rings. The molecule has 2 aromatic carbocycles. The zero-order chi connectivity index (χ0) is 18.3.